The summed E-state index contributed by atoms with van der Waals surface area (Å²) < 4.78 is 186. The molecule has 4 aromatic carbocycles. The van der Waals surface area contributed by atoms with Crippen LogP contribution in [-0.4, -0.2) is 50.6 Å². The van der Waals surface area contributed by atoms with E-state index in [1.165, 1.54) is 0 Å². The van der Waals surface area contributed by atoms with E-state index in [4.69, 9.17) is 18.5 Å². The first-order chi connectivity index (χ1) is 25.7. The Bertz CT molecular complexity index is 2100. The van der Waals surface area contributed by atoms with E-state index in [1.54, 1.807) is 0 Å². The van der Waals surface area contributed by atoms with Gasteiger partial charge in [0.05, 0.1) is 28.9 Å². The van der Waals surface area contributed by atoms with Crippen LogP contribution >= 0.6 is 17.6 Å². The number of aliphatic hydroxyl groups is 3. The lowest BCUT2D eigenvalue weighted by atomic mass is 9.94. The second-order valence-corrected chi connectivity index (χ2v) is 15.3. The number of hydrogen-bond donors (Lipinski definition) is 3. The molecule has 2 bridgehead atoms. The fourth-order valence-corrected chi connectivity index (χ4v) is 8.46. The van der Waals surface area contributed by atoms with Crippen LogP contribution < -0.4 is 9.05 Å². The lowest BCUT2D eigenvalue weighted by Gasteiger charge is -2.52. The predicted molar refractivity (Wildman–Crippen MR) is 177 cm³/mol. The van der Waals surface area contributed by atoms with Crippen LogP contribution in [0.2, 0.25) is 0 Å². The number of rotatable bonds is 8. The summed E-state index contributed by atoms with van der Waals surface area (Å²) in [5, 5.41) is 29.9. The molecule has 2 aliphatic rings. The topological polar surface area (TPSA) is 97.6 Å². The van der Waals surface area contributed by atoms with Gasteiger partial charge in [-0.25, -0.2) is 0 Å². The Morgan fingerprint density at radius 2 is 1.00 bits per heavy atom. The Balaban J connectivity index is 1.33. The third-order valence-electron chi connectivity index (χ3n) is 9.02. The van der Waals surface area contributed by atoms with Gasteiger partial charge in [0.25, 0.3) is 0 Å². The molecule has 2 saturated heterocycles. The molecule has 0 aromatic heterocycles. The van der Waals surface area contributed by atoms with Gasteiger partial charge in [0.2, 0.25) is 5.79 Å². The minimum atomic E-state index is -4.95. The average molecular weight is 849 g/mol. The van der Waals surface area contributed by atoms with Crippen molar-refractivity contribution in [1.82, 2.24) is 0 Å². The first-order valence-corrected chi connectivity index (χ1v) is 17.7. The van der Waals surface area contributed by atoms with Crippen molar-refractivity contribution < 1.29 is 86.5 Å². The number of halogens is 12. The van der Waals surface area contributed by atoms with Crippen LogP contribution in [0, 0.1) is 0 Å². The molecule has 6 rings (SSSR count). The molecule has 2 unspecified atom stereocenters. The van der Waals surface area contributed by atoms with E-state index in [1.807, 2.05) is 0 Å². The SMILES string of the molecule is C[C@]1(O)O[C@@H]2CO[C@@H]([C@@]2(O)POc2ccc(C(F)(F)F)cc2-c2cccc(C(F)(F)F)c2)[C@]1(O)POc1ccc(C(F)(F)F)cc1-c1cccc(C(F)(F)F)c1. The fraction of sp³-hybridized carbons (Fsp3) is 0.314. The molecular weight excluding hydrogens is 822 g/mol. The van der Waals surface area contributed by atoms with Gasteiger partial charge >= 0.3 is 24.7 Å². The zero-order valence-corrected chi connectivity index (χ0v) is 30.0. The van der Waals surface area contributed by atoms with Gasteiger partial charge in [-0.3, -0.25) is 0 Å². The number of alkyl halides is 12. The number of fused-ring (bicyclic) bond motifs is 2. The molecule has 56 heavy (non-hydrogen) atoms. The molecule has 21 heteroatoms. The molecular formula is C35H26F12O7P2. The van der Waals surface area contributed by atoms with Gasteiger partial charge in [-0.1, -0.05) is 24.3 Å². The van der Waals surface area contributed by atoms with Gasteiger partial charge in [0, 0.05) is 11.1 Å². The minimum Gasteiger partial charge on any atom is -0.473 e. The van der Waals surface area contributed by atoms with E-state index >= 15 is 0 Å². The van der Waals surface area contributed by atoms with Gasteiger partial charge in [-0.05, 0) is 78.7 Å². The molecule has 302 valence electrons. The molecule has 7 nitrogen and oxygen atoms in total. The highest BCUT2D eigenvalue weighted by Crippen LogP contribution is 2.60. The van der Waals surface area contributed by atoms with Gasteiger partial charge in [-0.2, -0.15) is 52.7 Å². The lowest BCUT2D eigenvalue weighted by molar-refractivity contribution is -0.329. The van der Waals surface area contributed by atoms with Gasteiger partial charge in [0.1, 0.15) is 41.3 Å². The van der Waals surface area contributed by atoms with Crippen LogP contribution in [0.5, 0.6) is 11.5 Å². The molecule has 0 saturated carbocycles. The number of ether oxygens (including phenoxy) is 2. The van der Waals surface area contributed by atoms with Crippen molar-refractivity contribution >= 4 is 17.6 Å². The largest absolute Gasteiger partial charge is 0.473 e. The molecule has 0 spiro atoms. The number of benzene rings is 4. The zero-order chi connectivity index (χ0) is 41.3. The molecule has 0 amide bonds. The molecule has 0 aliphatic carbocycles. The quantitative estimate of drug-likeness (QED) is 0.120. The van der Waals surface area contributed by atoms with Crippen molar-refractivity contribution in [2.45, 2.75) is 60.3 Å². The van der Waals surface area contributed by atoms with E-state index in [9.17, 15) is 68.0 Å². The summed E-state index contributed by atoms with van der Waals surface area (Å²) in [7, 11) is -2.84. The van der Waals surface area contributed by atoms with Crippen molar-refractivity contribution in [3.05, 3.63) is 107 Å². The predicted octanol–water partition coefficient (Wildman–Crippen LogP) is 9.62. The maximum atomic E-state index is 13.7. The van der Waals surface area contributed by atoms with Crippen LogP contribution in [0.15, 0.2) is 84.9 Å². The molecule has 0 radical (unpaired) electrons. The normalized spacial score (nSPS) is 26.1. The Kier molecular flexibility index (Phi) is 10.7. The monoisotopic (exact) mass is 848 g/mol. The summed E-state index contributed by atoms with van der Waals surface area (Å²) in [6.45, 7) is 0.396. The maximum absolute atomic E-state index is 13.7. The van der Waals surface area contributed by atoms with Crippen molar-refractivity contribution in [3.63, 3.8) is 0 Å². The standard InChI is InChI=1S/C35H26F12O7P2/c1-29(48)31(50,56-54-26-11-9-22(35(45,46)47)15-24(26)18-5-3-7-20(13-18)33(39,40)41)28-30(49,27(52-29)16-51-28)55-53-25-10-8-21(34(42,43)44)14-23(25)17-4-2-6-19(12-17)32(36,37)38/h2-15,27-28,48-50,55-56H,16H2,1H3/t27-,28+,29+,30+,31+/m1/s1. The lowest BCUT2D eigenvalue weighted by Crippen LogP contribution is -2.70. The number of hydrogen-bond acceptors (Lipinski definition) is 7. The summed E-state index contributed by atoms with van der Waals surface area (Å²) in [5.41, 5.74) is -6.61. The van der Waals surface area contributed by atoms with Crippen molar-refractivity contribution in [3.8, 4) is 33.8 Å². The van der Waals surface area contributed by atoms with Crippen molar-refractivity contribution in [2.75, 3.05) is 6.61 Å². The van der Waals surface area contributed by atoms with Crippen LogP contribution in [0.4, 0.5) is 52.7 Å². The highest BCUT2D eigenvalue weighted by Gasteiger charge is 2.73. The van der Waals surface area contributed by atoms with Crippen LogP contribution in [-0.2, 0) is 34.2 Å². The van der Waals surface area contributed by atoms with E-state index in [0.717, 1.165) is 43.3 Å². The highest BCUT2D eigenvalue weighted by atomic mass is 31.1. The minimum absolute atomic E-state index is 0.348. The molecule has 2 heterocycles. The van der Waals surface area contributed by atoms with Gasteiger partial charge in [0.15, 0.2) is 10.7 Å². The van der Waals surface area contributed by atoms with Gasteiger partial charge < -0.3 is 33.8 Å². The maximum Gasteiger partial charge on any atom is 0.416 e. The third kappa shape index (κ3) is 8.04. The second kappa shape index (κ2) is 14.3. The van der Waals surface area contributed by atoms with E-state index < -0.39 is 122 Å². The Morgan fingerprint density at radius 1 is 0.589 bits per heavy atom. The van der Waals surface area contributed by atoms with E-state index in [-0.39, 0.29) is 11.1 Å². The molecule has 4 aromatic rings. The van der Waals surface area contributed by atoms with Crippen LogP contribution in [0.3, 0.4) is 0 Å². The van der Waals surface area contributed by atoms with E-state index in [2.05, 4.69) is 0 Å². The van der Waals surface area contributed by atoms with E-state index in [0.29, 0.717) is 48.5 Å². The Hall–Kier alpha value is -3.70. The summed E-state index contributed by atoms with van der Waals surface area (Å²) in [4.78, 5) is 0. The smallest absolute Gasteiger partial charge is 0.416 e. The second-order valence-electron chi connectivity index (χ2n) is 12.9. The molecule has 3 N–H and O–H groups in total. The third-order valence-corrected chi connectivity index (χ3v) is 11.6. The molecule has 2 aliphatic heterocycles. The van der Waals surface area contributed by atoms with Crippen molar-refractivity contribution in [2.24, 2.45) is 0 Å². The Labute approximate surface area is 311 Å². The average Bonchev–Trinajstić information content (AvgIpc) is 3.37. The highest BCUT2D eigenvalue weighted by molar-refractivity contribution is 7.36. The van der Waals surface area contributed by atoms with Crippen LogP contribution in [0.1, 0.15) is 29.2 Å². The summed E-state index contributed by atoms with van der Waals surface area (Å²) in [6, 6.07) is 10.3. The zero-order valence-electron chi connectivity index (χ0n) is 28.0. The Morgan fingerprint density at radius 3 is 1.43 bits per heavy atom. The summed E-state index contributed by atoms with van der Waals surface area (Å²) in [6.07, 6.45) is -23.1. The first kappa shape index (κ1) is 41.9. The molecule has 2 fully saturated rings. The first-order valence-electron chi connectivity index (χ1n) is 15.9. The summed E-state index contributed by atoms with van der Waals surface area (Å²) in [5.74, 6) is -3.61. The fourth-order valence-electron chi connectivity index (χ4n) is 6.08. The van der Waals surface area contributed by atoms with Gasteiger partial charge in [-0.15, -0.1) is 0 Å². The molecule has 7 atom stereocenters. The van der Waals surface area contributed by atoms with Crippen molar-refractivity contribution in [1.29, 1.82) is 0 Å². The summed E-state index contributed by atoms with van der Waals surface area (Å²) >= 11 is 0. The van der Waals surface area contributed by atoms with Crippen LogP contribution in [0.25, 0.3) is 22.3 Å².